The third-order valence-electron chi connectivity index (χ3n) is 2.63. The van der Waals surface area contributed by atoms with Crippen LogP contribution in [0.25, 0.3) is 0 Å². The Kier molecular flexibility index (Phi) is 4.62. The Morgan fingerprint density at radius 1 is 1.24 bits per heavy atom. The van der Waals surface area contributed by atoms with Gasteiger partial charge in [0.15, 0.2) is 0 Å². The van der Waals surface area contributed by atoms with Crippen LogP contribution in [0.2, 0.25) is 0 Å². The number of amides is 1. The van der Waals surface area contributed by atoms with Crippen LogP contribution in [0.1, 0.15) is 25.7 Å². The summed E-state index contributed by atoms with van der Waals surface area (Å²) in [6.07, 6.45) is 4.47. The van der Waals surface area contributed by atoms with Gasteiger partial charge in [-0.15, -0.1) is 11.8 Å². The van der Waals surface area contributed by atoms with Crippen molar-refractivity contribution < 1.29 is 4.79 Å². The Morgan fingerprint density at radius 3 is 2.65 bits per heavy atom. The number of hydrogen-bond donors (Lipinski definition) is 1. The molecule has 4 heteroatoms. The molecular formula is C13H16N2OS. The summed E-state index contributed by atoms with van der Waals surface area (Å²) in [6, 6.07) is 9.91. The first kappa shape index (κ1) is 12.2. The number of benzene rings is 1. The second kappa shape index (κ2) is 6.45. The van der Waals surface area contributed by atoms with Crippen LogP contribution in [-0.4, -0.2) is 17.4 Å². The topological polar surface area (TPSA) is 41.5 Å². The van der Waals surface area contributed by atoms with E-state index in [9.17, 15) is 4.79 Å². The van der Waals surface area contributed by atoms with Gasteiger partial charge in [-0.25, -0.2) is 5.43 Å². The molecule has 0 aliphatic heterocycles. The standard InChI is InChI=1S/C13H16N2OS/c16-13(15-14-11-6-4-5-7-11)10-17-12-8-2-1-3-9-12/h1-3,8-9H,4-7,10H2,(H,15,16). The number of hydrazone groups is 1. The van der Waals surface area contributed by atoms with Crippen molar-refractivity contribution in [3.05, 3.63) is 30.3 Å². The fourth-order valence-electron chi connectivity index (χ4n) is 1.73. The van der Waals surface area contributed by atoms with Gasteiger partial charge in [-0.3, -0.25) is 4.79 Å². The molecule has 1 fully saturated rings. The lowest BCUT2D eigenvalue weighted by atomic mass is 10.3. The molecule has 1 amide bonds. The van der Waals surface area contributed by atoms with Crippen LogP contribution in [0.4, 0.5) is 0 Å². The number of nitrogens with one attached hydrogen (secondary N) is 1. The Balaban J connectivity index is 1.72. The second-order valence-electron chi connectivity index (χ2n) is 4.02. The van der Waals surface area contributed by atoms with Crippen LogP contribution in [-0.2, 0) is 4.79 Å². The first-order valence-corrected chi connectivity index (χ1v) is 6.85. The fourth-order valence-corrected chi connectivity index (χ4v) is 2.45. The molecule has 1 aliphatic carbocycles. The van der Waals surface area contributed by atoms with Crippen molar-refractivity contribution >= 4 is 23.4 Å². The lowest BCUT2D eigenvalue weighted by Crippen LogP contribution is -2.20. The third-order valence-corrected chi connectivity index (χ3v) is 3.64. The van der Waals surface area contributed by atoms with Crippen molar-refractivity contribution in [2.45, 2.75) is 30.6 Å². The zero-order valence-electron chi connectivity index (χ0n) is 9.69. The number of nitrogens with zero attached hydrogens (tertiary/aromatic N) is 1. The molecule has 0 heterocycles. The minimum absolute atomic E-state index is 0.0294. The average Bonchev–Trinajstić information content (AvgIpc) is 2.88. The number of thioether (sulfide) groups is 1. The summed E-state index contributed by atoms with van der Waals surface area (Å²) in [7, 11) is 0. The van der Waals surface area contributed by atoms with Crippen LogP contribution in [0.15, 0.2) is 40.3 Å². The van der Waals surface area contributed by atoms with Crippen LogP contribution < -0.4 is 5.43 Å². The van der Waals surface area contributed by atoms with Crippen molar-refractivity contribution in [1.82, 2.24) is 5.43 Å². The maximum Gasteiger partial charge on any atom is 0.250 e. The minimum Gasteiger partial charge on any atom is -0.272 e. The van der Waals surface area contributed by atoms with Crippen molar-refractivity contribution in [3.63, 3.8) is 0 Å². The summed E-state index contributed by atoms with van der Waals surface area (Å²) in [6.45, 7) is 0. The molecule has 1 aliphatic rings. The van der Waals surface area contributed by atoms with E-state index in [0.29, 0.717) is 5.75 Å². The van der Waals surface area contributed by atoms with Gasteiger partial charge in [0.05, 0.1) is 5.75 Å². The van der Waals surface area contributed by atoms with Gasteiger partial charge in [-0.05, 0) is 37.8 Å². The van der Waals surface area contributed by atoms with Crippen LogP contribution in [0.3, 0.4) is 0 Å². The second-order valence-corrected chi connectivity index (χ2v) is 5.07. The number of hydrogen-bond acceptors (Lipinski definition) is 3. The molecule has 0 radical (unpaired) electrons. The summed E-state index contributed by atoms with van der Waals surface area (Å²) in [5.41, 5.74) is 3.75. The van der Waals surface area contributed by atoms with Gasteiger partial charge in [-0.2, -0.15) is 5.10 Å². The summed E-state index contributed by atoms with van der Waals surface area (Å²) in [4.78, 5) is 12.6. The number of carbonyl (C=O) groups is 1. The highest BCUT2D eigenvalue weighted by molar-refractivity contribution is 8.00. The molecule has 1 aromatic rings. The highest BCUT2D eigenvalue weighted by atomic mass is 32.2. The maximum absolute atomic E-state index is 11.5. The van der Waals surface area contributed by atoms with E-state index in [0.717, 1.165) is 23.4 Å². The first-order valence-electron chi connectivity index (χ1n) is 5.87. The average molecular weight is 248 g/mol. The normalized spacial score (nSPS) is 14.7. The van der Waals surface area contributed by atoms with Gasteiger partial charge in [-0.1, -0.05) is 18.2 Å². The fraction of sp³-hybridized carbons (Fsp3) is 0.385. The van der Waals surface area contributed by atoms with Crippen molar-refractivity contribution in [1.29, 1.82) is 0 Å². The molecular weight excluding hydrogens is 232 g/mol. The summed E-state index contributed by atoms with van der Waals surface area (Å²) < 4.78 is 0. The highest BCUT2D eigenvalue weighted by Gasteiger charge is 2.08. The Bertz CT molecular complexity index is 395. The molecule has 1 N–H and O–H groups in total. The van der Waals surface area contributed by atoms with E-state index in [1.807, 2.05) is 30.3 Å². The van der Waals surface area contributed by atoms with Crippen molar-refractivity contribution in [2.75, 3.05) is 5.75 Å². The Hall–Kier alpha value is -1.29. The third kappa shape index (κ3) is 4.23. The number of rotatable bonds is 4. The molecule has 0 unspecified atom stereocenters. The quantitative estimate of drug-likeness (QED) is 0.657. The van der Waals surface area contributed by atoms with E-state index in [1.54, 1.807) is 0 Å². The van der Waals surface area contributed by atoms with Crippen LogP contribution >= 0.6 is 11.8 Å². The molecule has 0 bridgehead atoms. The van der Waals surface area contributed by atoms with Gasteiger partial charge < -0.3 is 0 Å². The van der Waals surface area contributed by atoms with E-state index >= 15 is 0 Å². The largest absolute Gasteiger partial charge is 0.272 e. The maximum atomic E-state index is 11.5. The van der Waals surface area contributed by atoms with Gasteiger partial charge in [0.2, 0.25) is 5.91 Å². The summed E-state index contributed by atoms with van der Waals surface area (Å²) in [5, 5.41) is 4.14. The van der Waals surface area contributed by atoms with E-state index < -0.39 is 0 Å². The molecule has 17 heavy (non-hydrogen) atoms. The lowest BCUT2D eigenvalue weighted by molar-refractivity contribution is -0.118. The zero-order chi connectivity index (χ0) is 11.9. The molecule has 0 saturated heterocycles. The van der Waals surface area contributed by atoms with Crippen molar-refractivity contribution in [3.8, 4) is 0 Å². The molecule has 2 rings (SSSR count). The highest BCUT2D eigenvalue weighted by Crippen LogP contribution is 2.16. The Morgan fingerprint density at radius 2 is 1.94 bits per heavy atom. The van der Waals surface area contributed by atoms with Gasteiger partial charge >= 0.3 is 0 Å². The minimum atomic E-state index is -0.0294. The van der Waals surface area contributed by atoms with E-state index in [1.165, 1.54) is 24.6 Å². The molecule has 0 spiro atoms. The van der Waals surface area contributed by atoms with Gasteiger partial charge in [0.1, 0.15) is 0 Å². The monoisotopic (exact) mass is 248 g/mol. The summed E-state index contributed by atoms with van der Waals surface area (Å²) >= 11 is 1.53. The van der Waals surface area contributed by atoms with E-state index in [2.05, 4.69) is 10.5 Å². The van der Waals surface area contributed by atoms with Crippen molar-refractivity contribution in [2.24, 2.45) is 5.10 Å². The van der Waals surface area contributed by atoms with Gasteiger partial charge in [0.25, 0.3) is 0 Å². The molecule has 0 atom stereocenters. The molecule has 0 aromatic heterocycles. The predicted molar refractivity (Wildman–Crippen MR) is 71.2 cm³/mol. The zero-order valence-corrected chi connectivity index (χ0v) is 10.5. The smallest absolute Gasteiger partial charge is 0.250 e. The predicted octanol–water partition coefficient (Wildman–Crippen LogP) is 2.82. The first-order chi connectivity index (χ1) is 8.34. The lowest BCUT2D eigenvalue weighted by Gasteiger charge is -2.01. The summed E-state index contributed by atoms with van der Waals surface area (Å²) in [5.74, 6) is 0.388. The van der Waals surface area contributed by atoms with Crippen LogP contribution in [0.5, 0.6) is 0 Å². The molecule has 90 valence electrons. The molecule has 3 nitrogen and oxygen atoms in total. The van der Waals surface area contributed by atoms with Gasteiger partial charge in [0, 0.05) is 10.6 Å². The molecule has 1 saturated carbocycles. The van der Waals surface area contributed by atoms with Crippen LogP contribution in [0, 0.1) is 0 Å². The number of carbonyl (C=O) groups excluding carboxylic acids is 1. The Labute approximate surface area is 106 Å². The van der Waals surface area contributed by atoms with E-state index in [4.69, 9.17) is 0 Å². The van der Waals surface area contributed by atoms with E-state index in [-0.39, 0.29) is 5.91 Å². The molecule has 1 aromatic carbocycles. The SMILES string of the molecule is O=C(CSc1ccccc1)NN=C1CCCC1.